The minimum atomic E-state index is -0.421. The third kappa shape index (κ3) is 8.58. The van der Waals surface area contributed by atoms with Gasteiger partial charge in [-0.05, 0) is 74.9 Å². The second-order valence-electron chi connectivity index (χ2n) is 15.8. The van der Waals surface area contributed by atoms with Gasteiger partial charge in [-0.2, -0.15) is 0 Å². The van der Waals surface area contributed by atoms with Crippen LogP contribution in [0.4, 0.5) is 20.4 Å². The predicted molar refractivity (Wildman–Crippen MR) is 248 cm³/mol. The molecule has 8 aromatic heterocycles. The van der Waals surface area contributed by atoms with Gasteiger partial charge < -0.3 is 29.7 Å². The Balaban J connectivity index is 0.000000162. The van der Waals surface area contributed by atoms with E-state index in [0.29, 0.717) is 58.5 Å². The molecule has 0 aliphatic rings. The summed E-state index contributed by atoms with van der Waals surface area (Å²) in [5.74, 6) is 1.27. The van der Waals surface area contributed by atoms with Gasteiger partial charge in [0.05, 0.1) is 25.0 Å². The lowest BCUT2D eigenvalue weighted by Crippen LogP contribution is -2.09. The third-order valence-electron chi connectivity index (χ3n) is 11.6. The highest BCUT2D eigenvalue weighted by atomic mass is 19.1. The summed E-state index contributed by atoms with van der Waals surface area (Å²) >= 11 is 0. The number of hydrogen-bond donors (Lipinski definition) is 4. The van der Waals surface area contributed by atoms with Gasteiger partial charge in [-0.25, -0.2) is 38.7 Å². The number of para-hydroxylation sites is 2. The SMILES string of the molecule is CCC(C)n1cnc2c(NCCc3c[nH]c4ccccc34)nc(-c3cncc(F)c3)nc21.CCC(C)n1cnc2c(NCCc3c[nH]c4ccccc34)nc(-c3cncc(F)c3)nc21. The lowest BCUT2D eigenvalue weighted by atomic mass is 10.1. The van der Waals surface area contributed by atoms with Gasteiger partial charge in [0.2, 0.25) is 0 Å². The van der Waals surface area contributed by atoms with Crippen molar-refractivity contribution in [3.05, 3.63) is 133 Å². The van der Waals surface area contributed by atoms with Crippen molar-refractivity contribution in [2.24, 2.45) is 0 Å². The van der Waals surface area contributed by atoms with Crippen LogP contribution in [0.3, 0.4) is 0 Å². The molecule has 10 aromatic rings. The number of nitrogens with one attached hydrogen (secondary N) is 4. The summed E-state index contributed by atoms with van der Waals surface area (Å²) in [7, 11) is 0. The average molecular weight is 859 g/mol. The van der Waals surface area contributed by atoms with Crippen LogP contribution in [0.25, 0.3) is 66.9 Å². The molecule has 0 radical (unpaired) electrons. The van der Waals surface area contributed by atoms with Crippen LogP contribution < -0.4 is 10.6 Å². The number of fused-ring (bicyclic) bond motifs is 4. The number of nitrogens with zero attached hydrogens (tertiary/aromatic N) is 10. The zero-order chi connectivity index (χ0) is 44.2. The number of anilines is 2. The molecule has 64 heavy (non-hydrogen) atoms. The number of aromatic amines is 2. The Morgan fingerprint density at radius 3 is 1.45 bits per heavy atom. The molecule has 0 amide bonds. The van der Waals surface area contributed by atoms with Crippen molar-refractivity contribution in [2.75, 3.05) is 23.7 Å². The number of halogens is 2. The van der Waals surface area contributed by atoms with Crippen LogP contribution in [0, 0.1) is 11.6 Å². The van der Waals surface area contributed by atoms with E-state index in [4.69, 9.17) is 9.97 Å². The number of H-pyrrole nitrogens is 2. The van der Waals surface area contributed by atoms with Crippen LogP contribution in [0.2, 0.25) is 0 Å². The zero-order valence-corrected chi connectivity index (χ0v) is 36.0. The highest BCUT2D eigenvalue weighted by molar-refractivity contribution is 5.87. The number of benzene rings is 2. The van der Waals surface area contributed by atoms with Crippen LogP contribution in [0.15, 0.2) is 110 Å². The van der Waals surface area contributed by atoms with Crippen LogP contribution in [-0.2, 0) is 12.8 Å². The molecule has 0 aliphatic carbocycles. The van der Waals surface area contributed by atoms with Crippen LogP contribution in [0.1, 0.15) is 63.7 Å². The largest absolute Gasteiger partial charge is 0.368 e. The maximum Gasteiger partial charge on any atom is 0.166 e. The van der Waals surface area contributed by atoms with E-state index >= 15 is 0 Å². The fourth-order valence-corrected chi connectivity index (χ4v) is 7.75. The van der Waals surface area contributed by atoms with E-state index < -0.39 is 11.6 Å². The molecular formula is C48H48F2N14. The Bertz CT molecular complexity index is 2990. The monoisotopic (exact) mass is 858 g/mol. The van der Waals surface area contributed by atoms with E-state index in [1.807, 2.05) is 45.8 Å². The molecule has 0 spiro atoms. The second kappa shape index (κ2) is 18.4. The molecule has 0 aliphatic heterocycles. The lowest BCUT2D eigenvalue weighted by Gasteiger charge is -2.13. The molecule has 0 fully saturated rings. The molecule has 0 saturated carbocycles. The maximum absolute atomic E-state index is 13.8. The summed E-state index contributed by atoms with van der Waals surface area (Å²) in [5.41, 5.74) is 8.64. The highest BCUT2D eigenvalue weighted by Crippen LogP contribution is 2.29. The number of pyridine rings is 2. The smallest absolute Gasteiger partial charge is 0.166 e. The molecule has 16 heteroatoms. The van der Waals surface area contributed by atoms with Crippen molar-refractivity contribution in [3.8, 4) is 22.8 Å². The fourth-order valence-electron chi connectivity index (χ4n) is 7.75. The molecule has 4 N–H and O–H groups in total. The van der Waals surface area contributed by atoms with E-state index in [2.05, 4.69) is 102 Å². The Morgan fingerprint density at radius 2 is 1.03 bits per heavy atom. The van der Waals surface area contributed by atoms with Crippen LogP contribution >= 0.6 is 0 Å². The van der Waals surface area contributed by atoms with Gasteiger partial charge in [-0.15, -0.1) is 0 Å². The Labute approximate surface area is 367 Å². The summed E-state index contributed by atoms with van der Waals surface area (Å²) in [6.07, 6.45) is 16.7. The second-order valence-corrected chi connectivity index (χ2v) is 15.8. The van der Waals surface area contributed by atoms with Gasteiger partial charge in [0.25, 0.3) is 0 Å². The van der Waals surface area contributed by atoms with Gasteiger partial charge in [0, 0.05) is 82.9 Å². The minimum absolute atomic E-state index is 0.229. The van der Waals surface area contributed by atoms with E-state index in [1.54, 1.807) is 25.0 Å². The summed E-state index contributed by atoms with van der Waals surface area (Å²) < 4.78 is 31.7. The van der Waals surface area contributed by atoms with Crippen LogP contribution in [0.5, 0.6) is 0 Å². The normalized spacial score (nSPS) is 12.5. The number of aromatic nitrogens is 12. The standard InChI is InChI=1S/2C24H24FN7/c2*1-3-15(2)32-14-29-21-23(27-9-8-16-12-28-20-7-5-4-6-19(16)20)30-22(31-24(21)32)17-10-18(25)13-26-11-17/h2*4-7,10-15,28H,3,8-9H2,1-2H3,(H,27,30,31). The first-order valence-electron chi connectivity index (χ1n) is 21.6. The van der Waals surface area contributed by atoms with Gasteiger partial charge in [0.15, 0.2) is 34.6 Å². The van der Waals surface area contributed by atoms with E-state index in [-0.39, 0.29) is 12.1 Å². The van der Waals surface area contributed by atoms with Gasteiger partial charge >= 0.3 is 0 Å². The average Bonchev–Trinajstić information content (AvgIpc) is 4.14. The molecule has 0 saturated heterocycles. The van der Waals surface area contributed by atoms with Crippen molar-refractivity contribution in [1.82, 2.24) is 59.0 Å². The van der Waals surface area contributed by atoms with E-state index in [1.165, 1.54) is 46.4 Å². The molecule has 8 heterocycles. The number of rotatable bonds is 14. The van der Waals surface area contributed by atoms with Crippen molar-refractivity contribution < 1.29 is 8.78 Å². The van der Waals surface area contributed by atoms with E-state index in [9.17, 15) is 8.78 Å². The topological polar surface area (TPSA) is 169 Å². The number of hydrogen-bond acceptors (Lipinski definition) is 10. The Kier molecular flexibility index (Phi) is 12.0. The summed E-state index contributed by atoms with van der Waals surface area (Å²) in [5, 5.41) is 9.30. The molecule has 2 aromatic carbocycles. The van der Waals surface area contributed by atoms with Crippen molar-refractivity contribution in [2.45, 2.75) is 65.5 Å². The third-order valence-corrected chi connectivity index (χ3v) is 11.6. The summed E-state index contributed by atoms with van der Waals surface area (Å²) in [6.45, 7) is 9.83. The summed E-state index contributed by atoms with van der Waals surface area (Å²) in [4.78, 5) is 42.5. The molecule has 324 valence electrons. The minimum Gasteiger partial charge on any atom is -0.368 e. The van der Waals surface area contributed by atoms with Crippen molar-refractivity contribution in [1.29, 1.82) is 0 Å². The molecule has 0 bridgehead atoms. The number of imidazole rings is 2. The molecule has 10 rings (SSSR count). The molecular weight excluding hydrogens is 811 g/mol. The van der Waals surface area contributed by atoms with E-state index in [0.717, 1.165) is 48.0 Å². The summed E-state index contributed by atoms with van der Waals surface area (Å²) in [6, 6.07) is 19.8. The van der Waals surface area contributed by atoms with Gasteiger partial charge in [-0.3, -0.25) is 9.97 Å². The van der Waals surface area contributed by atoms with Gasteiger partial charge in [0.1, 0.15) is 22.7 Å². The zero-order valence-electron chi connectivity index (χ0n) is 36.0. The highest BCUT2D eigenvalue weighted by Gasteiger charge is 2.19. The predicted octanol–water partition coefficient (Wildman–Crippen LogP) is 10.3. The first kappa shape index (κ1) is 41.7. The molecule has 2 atom stereocenters. The van der Waals surface area contributed by atoms with Crippen molar-refractivity contribution in [3.63, 3.8) is 0 Å². The van der Waals surface area contributed by atoms with Crippen molar-refractivity contribution >= 4 is 55.8 Å². The van der Waals surface area contributed by atoms with Gasteiger partial charge in [-0.1, -0.05) is 50.2 Å². The molecule has 14 nitrogen and oxygen atoms in total. The Morgan fingerprint density at radius 1 is 0.594 bits per heavy atom. The lowest BCUT2D eigenvalue weighted by molar-refractivity contribution is 0.541. The van der Waals surface area contributed by atoms with Crippen LogP contribution in [-0.4, -0.2) is 72.1 Å². The first-order valence-corrected chi connectivity index (χ1v) is 21.6. The Hall–Kier alpha value is -7.62. The first-order chi connectivity index (χ1) is 31.3. The maximum atomic E-state index is 13.8. The molecule has 2 unspecified atom stereocenters. The quantitative estimate of drug-likeness (QED) is 0.0826. The fraction of sp³-hybridized carbons (Fsp3) is 0.250.